The Balaban J connectivity index is 0.808. The maximum Gasteiger partial charge on any atom is 0.343 e. The number of esters is 3. The van der Waals surface area contributed by atoms with Gasteiger partial charge in [-0.25, -0.2) is 14.4 Å². The van der Waals surface area contributed by atoms with Crippen molar-refractivity contribution in [3.8, 4) is 17.2 Å². The smallest absolute Gasteiger partial charge is 0.343 e. The van der Waals surface area contributed by atoms with E-state index in [0.717, 1.165) is 63.2 Å². The number of carbonyl (C=O) groups is 3. The van der Waals surface area contributed by atoms with Gasteiger partial charge in [0.1, 0.15) is 42.7 Å². The molecule has 3 aromatic carbocycles. The van der Waals surface area contributed by atoms with Crippen LogP contribution in [0.15, 0.2) is 78.9 Å². The normalized spacial score (nSPS) is 20.5. The summed E-state index contributed by atoms with van der Waals surface area (Å²) in [6, 6.07) is 20.1. The molecular weight excluding hydrogens is 680 g/mol. The maximum absolute atomic E-state index is 12.7. The first-order valence-electron chi connectivity index (χ1n) is 18.6. The number of ether oxygens (including phenoxy) is 8. The van der Waals surface area contributed by atoms with Crippen LogP contribution in [0.25, 0.3) is 6.08 Å². The lowest BCUT2D eigenvalue weighted by atomic mass is 9.90. The van der Waals surface area contributed by atoms with E-state index >= 15 is 0 Å². The summed E-state index contributed by atoms with van der Waals surface area (Å²) in [6.45, 7) is 5.03. The Morgan fingerprint density at radius 1 is 0.755 bits per heavy atom. The van der Waals surface area contributed by atoms with E-state index in [9.17, 15) is 14.4 Å². The molecule has 3 aromatic rings. The summed E-state index contributed by atoms with van der Waals surface area (Å²) < 4.78 is 44.1. The van der Waals surface area contributed by atoms with E-state index in [1.165, 1.54) is 43.2 Å². The molecule has 2 saturated heterocycles. The van der Waals surface area contributed by atoms with E-state index in [1.54, 1.807) is 37.3 Å². The SMILES string of the molecule is CC(COC(=O)c1ccc(OC(=O)c2ccc(OCCCCCCOCC3CCC4OC4C3)cc2)cc1)OC(=O)/C=C/c1ccc(OCC2CO2)cc1. The third-order valence-electron chi connectivity index (χ3n) is 9.21. The number of hydrogen-bond donors (Lipinski definition) is 0. The molecule has 0 aromatic heterocycles. The Labute approximate surface area is 310 Å². The molecule has 5 atom stereocenters. The summed E-state index contributed by atoms with van der Waals surface area (Å²) in [4.78, 5) is 37.5. The lowest BCUT2D eigenvalue weighted by molar-refractivity contribution is -0.144. The Bertz CT molecular complexity index is 1650. The Hall–Kier alpha value is -4.71. The van der Waals surface area contributed by atoms with Crippen LogP contribution in [0.2, 0.25) is 0 Å². The Morgan fingerprint density at radius 2 is 1.42 bits per heavy atom. The van der Waals surface area contributed by atoms with Gasteiger partial charge in [0, 0.05) is 19.3 Å². The van der Waals surface area contributed by atoms with Gasteiger partial charge >= 0.3 is 17.9 Å². The van der Waals surface area contributed by atoms with Crippen molar-refractivity contribution in [1.29, 1.82) is 0 Å². The van der Waals surface area contributed by atoms with Gasteiger partial charge in [0.2, 0.25) is 0 Å². The fraction of sp³-hybridized carbons (Fsp3) is 0.452. The molecule has 0 radical (unpaired) electrons. The first-order valence-corrected chi connectivity index (χ1v) is 18.6. The minimum atomic E-state index is -0.665. The van der Waals surface area contributed by atoms with Gasteiger partial charge in [-0.3, -0.25) is 0 Å². The minimum Gasteiger partial charge on any atom is -0.494 e. The second-order valence-electron chi connectivity index (χ2n) is 13.7. The predicted molar refractivity (Wildman–Crippen MR) is 195 cm³/mol. The van der Waals surface area contributed by atoms with Gasteiger partial charge < -0.3 is 37.9 Å². The third-order valence-corrected chi connectivity index (χ3v) is 9.21. The molecule has 3 fully saturated rings. The first kappa shape index (κ1) is 38.0. The highest BCUT2D eigenvalue weighted by Gasteiger charge is 2.43. The predicted octanol–water partition coefficient (Wildman–Crippen LogP) is 7.01. The van der Waals surface area contributed by atoms with E-state index < -0.39 is 24.0 Å². The summed E-state index contributed by atoms with van der Waals surface area (Å²) >= 11 is 0. The van der Waals surface area contributed by atoms with E-state index in [1.807, 2.05) is 24.3 Å². The highest BCUT2D eigenvalue weighted by Crippen LogP contribution is 2.39. The summed E-state index contributed by atoms with van der Waals surface area (Å²) in [5, 5.41) is 0. The van der Waals surface area contributed by atoms with E-state index in [0.29, 0.717) is 42.7 Å². The van der Waals surface area contributed by atoms with Crippen LogP contribution in [0.1, 0.15) is 78.1 Å². The molecule has 3 aliphatic rings. The topological polar surface area (TPSA) is 132 Å². The molecule has 1 saturated carbocycles. The largest absolute Gasteiger partial charge is 0.494 e. The summed E-state index contributed by atoms with van der Waals surface area (Å²) in [7, 11) is 0. The van der Waals surface area contributed by atoms with Crippen molar-refractivity contribution in [3.63, 3.8) is 0 Å². The third kappa shape index (κ3) is 13.0. The molecule has 11 nitrogen and oxygen atoms in total. The van der Waals surface area contributed by atoms with Crippen LogP contribution in [0, 0.1) is 5.92 Å². The average molecular weight is 729 g/mol. The minimum absolute atomic E-state index is 0.126. The van der Waals surface area contributed by atoms with Gasteiger partial charge in [-0.15, -0.1) is 0 Å². The Kier molecular flexibility index (Phi) is 13.9. The zero-order valence-electron chi connectivity index (χ0n) is 30.2. The van der Waals surface area contributed by atoms with Gasteiger partial charge in [0.15, 0.2) is 0 Å². The van der Waals surface area contributed by atoms with Gasteiger partial charge in [-0.2, -0.15) is 0 Å². The maximum atomic E-state index is 12.7. The molecule has 0 spiro atoms. The van der Waals surface area contributed by atoms with Crippen LogP contribution >= 0.6 is 0 Å². The number of rotatable bonds is 21. The Morgan fingerprint density at radius 3 is 2.13 bits per heavy atom. The van der Waals surface area contributed by atoms with Gasteiger partial charge in [0.25, 0.3) is 0 Å². The monoisotopic (exact) mass is 728 g/mol. The summed E-state index contributed by atoms with van der Waals surface area (Å²) in [5.41, 5.74) is 1.44. The molecule has 1 aliphatic carbocycles. The zero-order valence-corrected chi connectivity index (χ0v) is 30.2. The molecule has 282 valence electrons. The molecule has 0 bridgehead atoms. The number of epoxide rings is 2. The summed E-state index contributed by atoms with van der Waals surface area (Å²) in [6.07, 6.45) is 11.3. The standard InChI is InChI=1S/C42H48O11/c1-29(51-40(43)21-9-30-6-14-35(15-7-30)48-27-37-28-49-37)25-50-41(44)32-12-18-36(19-13-32)52-42(45)33-10-16-34(17-11-33)47-23-5-3-2-4-22-46-26-31-8-20-38-39(24-31)53-38/h6-7,9-19,21,29,31,37-39H,2-5,8,20,22-28H2,1H3/b21-9+. The van der Waals surface area contributed by atoms with Crippen molar-refractivity contribution in [3.05, 3.63) is 95.6 Å². The number of unbranched alkanes of at least 4 members (excludes halogenated alkanes) is 3. The molecule has 0 amide bonds. The highest BCUT2D eigenvalue weighted by molar-refractivity contribution is 5.92. The number of benzene rings is 3. The van der Waals surface area contributed by atoms with E-state index in [2.05, 4.69) is 0 Å². The van der Waals surface area contributed by atoms with Gasteiger partial charge in [-0.05, 0) is 124 Å². The van der Waals surface area contributed by atoms with Crippen LogP contribution in [-0.2, 0) is 28.5 Å². The molecule has 5 unspecified atom stereocenters. The van der Waals surface area contributed by atoms with Crippen molar-refractivity contribution in [2.45, 2.75) is 76.3 Å². The highest BCUT2D eigenvalue weighted by atomic mass is 16.6. The number of hydrogen-bond acceptors (Lipinski definition) is 11. The molecule has 11 heteroatoms. The van der Waals surface area contributed by atoms with Crippen molar-refractivity contribution < 1.29 is 52.3 Å². The van der Waals surface area contributed by atoms with Crippen molar-refractivity contribution in [2.75, 3.05) is 39.6 Å². The molecule has 6 rings (SSSR count). The van der Waals surface area contributed by atoms with Crippen molar-refractivity contribution in [2.24, 2.45) is 5.92 Å². The average Bonchev–Trinajstić information content (AvgIpc) is 4.12. The van der Waals surface area contributed by atoms with Crippen LogP contribution in [0.5, 0.6) is 17.2 Å². The van der Waals surface area contributed by atoms with Gasteiger partial charge in [-0.1, -0.05) is 18.6 Å². The zero-order chi connectivity index (χ0) is 36.8. The first-order chi connectivity index (χ1) is 25.9. The lowest BCUT2D eigenvalue weighted by Gasteiger charge is -2.18. The quantitative estimate of drug-likeness (QED) is 0.0369. The molecular formula is C42H48O11. The van der Waals surface area contributed by atoms with Crippen LogP contribution in [0.3, 0.4) is 0 Å². The van der Waals surface area contributed by atoms with Crippen molar-refractivity contribution >= 4 is 24.0 Å². The van der Waals surface area contributed by atoms with E-state index in [-0.39, 0.29) is 24.0 Å². The molecule has 2 aliphatic heterocycles. The van der Waals surface area contributed by atoms with Crippen LogP contribution < -0.4 is 14.2 Å². The van der Waals surface area contributed by atoms with Crippen LogP contribution in [-0.4, -0.2) is 82.0 Å². The van der Waals surface area contributed by atoms with Gasteiger partial charge in [0.05, 0.1) is 36.5 Å². The second kappa shape index (κ2) is 19.4. The molecule has 0 N–H and O–H groups in total. The van der Waals surface area contributed by atoms with E-state index in [4.69, 9.17) is 37.9 Å². The molecule has 2 heterocycles. The number of carbonyl (C=O) groups excluding carboxylic acids is 3. The number of fused-ring (bicyclic) bond motifs is 1. The molecule has 53 heavy (non-hydrogen) atoms. The fourth-order valence-electron chi connectivity index (χ4n) is 5.99. The summed E-state index contributed by atoms with van der Waals surface area (Å²) in [5.74, 6) is 0.665. The fourth-order valence-corrected chi connectivity index (χ4v) is 5.99. The second-order valence-corrected chi connectivity index (χ2v) is 13.7. The van der Waals surface area contributed by atoms with Crippen LogP contribution in [0.4, 0.5) is 0 Å². The van der Waals surface area contributed by atoms with Crippen molar-refractivity contribution in [1.82, 2.24) is 0 Å². The lowest BCUT2D eigenvalue weighted by Crippen LogP contribution is -2.21.